The summed E-state index contributed by atoms with van der Waals surface area (Å²) < 4.78 is 22.3. The first-order valence-corrected chi connectivity index (χ1v) is 6.83. The van der Waals surface area contributed by atoms with E-state index in [1.54, 1.807) is 6.92 Å². The summed E-state index contributed by atoms with van der Waals surface area (Å²) in [6.45, 7) is 4.13. The van der Waals surface area contributed by atoms with E-state index < -0.39 is 15.4 Å². The molecule has 84 valence electrons. The average Bonchev–Trinajstić information content (AvgIpc) is 2.43. The van der Waals surface area contributed by atoms with Gasteiger partial charge in [0, 0.05) is 12.6 Å². The molecular weight excluding hydrogens is 202 g/mol. The van der Waals surface area contributed by atoms with Crippen molar-refractivity contribution in [2.24, 2.45) is 0 Å². The van der Waals surface area contributed by atoms with Crippen LogP contribution < -0.4 is 5.32 Å². The van der Waals surface area contributed by atoms with Gasteiger partial charge in [0.1, 0.15) is 0 Å². The minimum absolute atomic E-state index is 0.0259. The maximum atomic E-state index is 11.1. The molecule has 1 rings (SSSR count). The van der Waals surface area contributed by atoms with Crippen LogP contribution in [0.4, 0.5) is 0 Å². The summed E-state index contributed by atoms with van der Waals surface area (Å²) in [4.78, 5) is 0. The Morgan fingerprint density at radius 3 is 2.64 bits per heavy atom. The molecule has 5 heteroatoms. The molecule has 1 fully saturated rings. The summed E-state index contributed by atoms with van der Waals surface area (Å²) in [6.07, 6.45) is 1.33. The third-order valence-electron chi connectivity index (χ3n) is 2.77. The van der Waals surface area contributed by atoms with Crippen molar-refractivity contribution in [2.75, 3.05) is 18.1 Å². The molecule has 1 heterocycles. The molecule has 2 unspecified atom stereocenters. The average molecular weight is 221 g/mol. The quantitative estimate of drug-likeness (QED) is 0.697. The van der Waals surface area contributed by atoms with E-state index in [1.165, 1.54) is 0 Å². The molecule has 0 radical (unpaired) electrons. The van der Waals surface area contributed by atoms with Crippen LogP contribution in [0, 0.1) is 0 Å². The molecule has 0 spiro atoms. The zero-order chi connectivity index (χ0) is 10.8. The molecule has 0 saturated carbocycles. The fourth-order valence-electron chi connectivity index (χ4n) is 1.45. The van der Waals surface area contributed by atoms with Crippen LogP contribution in [0.1, 0.15) is 26.7 Å². The van der Waals surface area contributed by atoms with E-state index >= 15 is 0 Å². The summed E-state index contributed by atoms with van der Waals surface area (Å²) in [5.74, 6) is 0.492. The Kier molecular flexibility index (Phi) is 3.55. The fourth-order valence-corrected chi connectivity index (χ4v) is 3.15. The van der Waals surface area contributed by atoms with Crippen LogP contribution in [0.5, 0.6) is 0 Å². The van der Waals surface area contributed by atoms with E-state index in [0.717, 1.165) is 0 Å². The van der Waals surface area contributed by atoms with Crippen LogP contribution in [-0.2, 0) is 9.84 Å². The van der Waals surface area contributed by atoms with E-state index in [1.807, 2.05) is 6.92 Å². The van der Waals surface area contributed by atoms with Crippen LogP contribution in [0.25, 0.3) is 0 Å². The summed E-state index contributed by atoms with van der Waals surface area (Å²) in [5.41, 5.74) is -0.730. The monoisotopic (exact) mass is 221 g/mol. The molecule has 2 atom stereocenters. The number of hydrogen-bond acceptors (Lipinski definition) is 4. The molecule has 0 amide bonds. The Hall–Kier alpha value is -0.130. The first-order valence-electron chi connectivity index (χ1n) is 5.01. The summed E-state index contributed by atoms with van der Waals surface area (Å²) in [5, 5.41) is 12.8. The first-order chi connectivity index (χ1) is 6.35. The lowest BCUT2D eigenvalue weighted by Crippen LogP contribution is -2.42. The van der Waals surface area contributed by atoms with Gasteiger partial charge in [0.05, 0.1) is 17.1 Å². The lowest BCUT2D eigenvalue weighted by Gasteiger charge is -2.23. The number of rotatable bonds is 4. The highest BCUT2D eigenvalue weighted by atomic mass is 32.2. The van der Waals surface area contributed by atoms with E-state index in [9.17, 15) is 13.5 Å². The number of hydrogen-bond donors (Lipinski definition) is 2. The van der Waals surface area contributed by atoms with E-state index in [4.69, 9.17) is 0 Å². The van der Waals surface area contributed by atoms with E-state index in [0.29, 0.717) is 19.4 Å². The van der Waals surface area contributed by atoms with Gasteiger partial charge in [-0.2, -0.15) is 0 Å². The SMILES string of the molecule is CCC(C)(O)CNC1CCS(=O)(=O)C1. The largest absolute Gasteiger partial charge is 0.389 e. The number of sulfone groups is 1. The van der Waals surface area contributed by atoms with Gasteiger partial charge in [0.2, 0.25) is 0 Å². The molecule has 0 aliphatic carbocycles. The van der Waals surface area contributed by atoms with Crippen molar-refractivity contribution in [1.82, 2.24) is 5.32 Å². The predicted octanol–water partition coefficient (Wildman–Crippen LogP) is -0.0759. The van der Waals surface area contributed by atoms with Gasteiger partial charge in [-0.1, -0.05) is 6.92 Å². The maximum absolute atomic E-state index is 11.1. The molecule has 1 saturated heterocycles. The van der Waals surface area contributed by atoms with Gasteiger partial charge in [0.15, 0.2) is 9.84 Å². The van der Waals surface area contributed by atoms with Gasteiger partial charge in [-0.25, -0.2) is 8.42 Å². The maximum Gasteiger partial charge on any atom is 0.151 e. The zero-order valence-electron chi connectivity index (χ0n) is 8.78. The van der Waals surface area contributed by atoms with Crippen LogP contribution in [0.3, 0.4) is 0 Å². The molecule has 0 aromatic rings. The lowest BCUT2D eigenvalue weighted by atomic mass is 10.0. The van der Waals surface area contributed by atoms with E-state index in [-0.39, 0.29) is 17.5 Å². The Bertz CT molecular complexity index is 284. The van der Waals surface area contributed by atoms with Gasteiger partial charge in [-0.15, -0.1) is 0 Å². The molecule has 1 aliphatic heterocycles. The third-order valence-corrected chi connectivity index (χ3v) is 4.53. The summed E-state index contributed by atoms with van der Waals surface area (Å²) in [6, 6.07) is 0.0259. The predicted molar refractivity (Wildman–Crippen MR) is 56.0 cm³/mol. The highest BCUT2D eigenvalue weighted by Gasteiger charge is 2.29. The van der Waals surface area contributed by atoms with Crippen molar-refractivity contribution >= 4 is 9.84 Å². The second-order valence-electron chi connectivity index (χ2n) is 4.33. The number of nitrogens with one attached hydrogen (secondary N) is 1. The zero-order valence-corrected chi connectivity index (χ0v) is 9.60. The smallest absolute Gasteiger partial charge is 0.151 e. The Balaban J connectivity index is 2.34. The Morgan fingerprint density at radius 2 is 2.21 bits per heavy atom. The molecule has 4 nitrogen and oxygen atoms in total. The van der Waals surface area contributed by atoms with E-state index in [2.05, 4.69) is 5.32 Å². The van der Waals surface area contributed by atoms with Crippen LogP contribution in [0.2, 0.25) is 0 Å². The normalized spacial score (nSPS) is 30.1. The molecule has 1 aliphatic rings. The van der Waals surface area contributed by atoms with Crippen molar-refractivity contribution in [3.63, 3.8) is 0 Å². The molecular formula is C9H19NO3S. The molecule has 0 bridgehead atoms. The first kappa shape index (κ1) is 11.9. The van der Waals surface area contributed by atoms with Crippen LogP contribution in [0.15, 0.2) is 0 Å². The van der Waals surface area contributed by atoms with Crippen molar-refractivity contribution < 1.29 is 13.5 Å². The van der Waals surface area contributed by atoms with Gasteiger partial charge < -0.3 is 10.4 Å². The van der Waals surface area contributed by atoms with Gasteiger partial charge in [-0.3, -0.25) is 0 Å². The number of aliphatic hydroxyl groups is 1. The molecule has 0 aromatic carbocycles. The highest BCUT2D eigenvalue weighted by Crippen LogP contribution is 2.13. The lowest BCUT2D eigenvalue weighted by molar-refractivity contribution is 0.0536. The standard InChI is InChI=1S/C9H19NO3S/c1-3-9(2,11)7-10-8-4-5-14(12,13)6-8/h8,10-11H,3-7H2,1-2H3. The van der Waals surface area contributed by atoms with Gasteiger partial charge >= 0.3 is 0 Å². The van der Waals surface area contributed by atoms with Crippen LogP contribution >= 0.6 is 0 Å². The van der Waals surface area contributed by atoms with Crippen LogP contribution in [-0.4, -0.2) is 43.2 Å². The van der Waals surface area contributed by atoms with Crippen molar-refractivity contribution in [1.29, 1.82) is 0 Å². The second-order valence-corrected chi connectivity index (χ2v) is 6.56. The van der Waals surface area contributed by atoms with Crippen molar-refractivity contribution in [2.45, 2.75) is 38.3 Å². The Labute approximate surface area is 85.6 Å². The Morgan fingerprint density at radius 1 is 1.57 bits per heavy atom. The van der Waals surface area contributed by atoms with Crippen molar-refractivity contribution in [3.8, 4) is 0 Å². The molecule has 2 N–H and O–H groups in total. The topological polar surface area (TPSA) is 66.4 Å². The summed E-state index contributed by atoms with van der Waals surface area (Å²) in [7, 11) is -2.81. The minimum Gasteiger partial charge on any atom is -0.389 e. The highest BCUT2D eigenvalue weighted by molar-refractivity contribution is 7.91. The summed E-state index contributed by atoms with van der Waals surface area (Å²) >= 11 is 0. The van der Waals surface area contributed by atoms with Gasteiger partial charge in [0.25, 0.3) is 0 Å². The van der Waals surface area contributed by atoms with Crippen molar-refractivity contribution in [3.05, 3.63) is 0 Å². The molecule has 14 heavy (non-hydrogen) atoms. The van der Waals surface area contributed by atoms with Gasteiger partial charge in [-0.05, 0) is 19.8 Å². The third kappa shape index (κ3) is 3.55. The molecule has 0 aromatic heterocycles. The second kappa shape index (κ2) is 4.16. The minimum atomic E-state index is -2.81. The fraction of sp³-hybridized carbons (Fsp3) is 1.00.